The van der Waals surface area contributed by atoms with Gasteiger partial charge >= 0.3 is 0 Å². The molecule has 0 spiro atoms. The Kier molecular flexibility index (Phi) is 5.61. The molecule has 0 saturated carbocycles. The van der Waals surface area contributed by atoms with Gasteiger partial charge in [-0.1, -0.05) is 29.3 Å². The third-order valence-electron chi connectivity index (χ3n) is 3.78. The maximum absolute atomic E-state index is 12.3. The summed E-state index contributed by atoms with van der Waals surface area (Å²) in [5.74, 6) is 0.425. The molecule has 1 aliphatic heterocycles. The van der Waals surface area contributed by atoms with Gasteiger partial charge in [0.25, 0.3) is 5.91 Å². The first kappa shape index (κ1) is 17.1. The second-order valence-electron chi connectivity index (χ2n) is 5.52. The van der Waals surface area contributed by atoms with Gasteiger partial charge in [-0.25, -0.2) is 0 Å². The van der Waals surface area contributed by atoms with E-state index in [4.69, 9.17) is 32.7 Å². The molecule has 1 aliphatic rings. The number of rotatable bonds is 5. The first-order chi connectivity index (χ1) is 11.6. The molecule has 2 aromatic carbocycles. The van der Waals surface area contributed by atoms with Gasteiger partial charge in [0.05, 0.1) is 21.8 Å². The van der Waals surface area contributed by atoms with Crippen molar-refractivity contribution in [2.24, 2.45) is 0 Å². The maximum Gasteiger partial charge on any atom is 0.255 e. The Morgan fingerprint density at radius 3 is 2.50 bits per heavy atom. The number of hydrogen-bond acceptors (Lipinski definition) is 3. The Labute approximate surface area is 150 Å². The summed E-state index contributed by atoms with van der Waals surface area (Å²) >= 11 is 12.1. The van der Waals surface area contributed by atoms with E-state index in [9.17, 15) is 4.79 Å². The topological polar surface area (TPSA) is 47.6 Å². The maximum atomic E-state index is 12.3. The zero-order valence-corrected chi connectivity index (χ0v) is 14.4. The monoisotopic (exact) mass is 365 g/mol. The Morgan fingerprint density at radius 1 is 1.17 bits per heavy atom. The number of halogens is 2. The predicted molar refractivity (Wildman–Crippen MR) is 95.3 cm³/mol. The Hall–Kier alpha value is -1.75. The van der Waals surface area contributed by atoms with Crippen LogP contribution in [0.3, 0.4) is 0 Å². The molecule has 1 atom stereocenters. The number of para-hydroxylation sites is 1. The first-order valence-electron chi connectivity index (χ1n) is 7.73. The van der Waals surface area contributed by atoms with E-state index < -0.39 is 0 Å². The summed E-state index contributed by atoms with van der Waals surface area (Å²) in [6.45, 7) is 1.33. The zero-order chi connectivity index (χ0) is 16.9. The predicted octanol–water partition coefficient (Wildman–Crippen LogP) is 4.80. The largest absolute Gasteiger partial charge is 0.491 e. The quantitative estimate of drug-likeness (QED) is 0.827. The average molecular weight is 366 g/mol. The molecule has 2 aromatic rings. The van der Waals surface area contributed by atoms with Crippen molar-refractivity contribution in [3.8, 4) is 5.75 Å². The van der Waals surface area contributed by atoms with Gasteiger partial charge < -0.3 is 14.8 Å². The van der Waals surface area contributed by atoms with E-state index in [0.29, 0.717) is 33.7 Å². The molecule has 0 aromatic heterocycles. The zero-order valence-electron chi connectivity index (χ0n) is 12.9. The van der Waals surface area contributed by atoms with Crippen molar-refractivity contribution >= 4 is 34.8 Å². The third kappa shape index (κ3) is 4.20. The highest BCUT2D eigenvalue weighted by Crippen LogP contribution is 2.30. The molecule has 126 valence electrons. The molecule has 4 nitrogen and oxygen atoms in total. The first-order valence-corrected chi connectivity index (χ1v) is 8.49. The number of amides is 1. The second kappa shape index (κ2) is 7.88. The highest BCUT2D eigenvalue weighted by atomic mass is 35.5. The second-order valence-corrected chi connectivity index (χ2v) is 6.34. The molecule has 0 radical (unpaired) electrons. The lowest BCUT2D eigenvalue weighted by atomic mass is 10.2. The van der Waals surface area contributed by atoms with Crippen molar-refractivity contribution in [2.45, 2.75) is 18.9 Å². The van der Waals surface area contributed by atoms with Crippen LogP contribution in [0.4, 0.5) is 5.69 Å². The number of benzene rings is 2. The Bertz CT molecular complexity index is 692. The van der Waals surface area contributed by atoms with Crippen molar-refractivity contribution in [1.29, 1.82) is 0 Å². The SMILES string of the molecule is O=C(Nc1c(Cl)cccc1Cl)c1ccc(OCC2CCCO2)cc1. The van der Waals surface area contributed by atoms with Crippen molar-refractivity contribution < 1.29 is 14.3 Å². The molecule has 1 unspecified atom stereocenters. The van der Waals surface area contributed by atoms with Crippen LogP contribution in [0.25, 0.3) is 0 Å². The summed E-state index contributed by atoms with van der Waals surface area (Å²) in [4.78, 5) is 12.3. The number of nitrogens with one attached hydrogen (secondary N) is 1. The van der Waals surface area contributed by atoms with E-state index in [1.54, 1.807) is 42.5 Å². The number of carbonyl (C=O) groups excluding carboxylic acids is 1. The van der Waals surface area contributed by atoms with E-state index in [-0.39, 0.29) is 12.0 Å². The van der Waals surface area contributed by atoms with E-state index in [2.05, 4.69) is 5.32 Å². The summed E-state index contributed by atoms with van der Waals surface area (Å²) in [7, 11) is 0. The molecular formula is C18H17Cl2NO3. The molecule has 0 bridgehead atoms. The fraction of sp³-hybridized carbons (Fsp3) is 0.278. The summed E-state index contributed by atoms with van der Waals surface area (Å²) in [5.41, 5.74) is 0.903. The highest BCUT2D eigenvalue weighted by molar-refractivity contribution is 6.40. The molecule has 3 rings (SSSR count). The lowest BCUT2D eigenvalue weighted by molar-refractivity contribution is 0.0679. The minimum absolute atomic E-state index is 0.162. The minimum atomic E-state index is -0.282. The molecule has 1 N–H and O–H groups in total. The summed E-state index contributed by atoms with van der Waals surface area (Å²) < 4.78 is 11.2. The molecule has 1 amide bonds. The molecular weight excluding hydrogens is 349 g/mol. The fourth-order valence-corrected chi connectivity index (χ4v) is 2.96. The van der Waals surface area contributed by atoms with Crippen LogP contribution in [-0.4, -0.2) is 25.2 Å². The van der Waals surface area contributed by atoms with E-state index >= 15 is 0 Å². The van der Waals surface area contributed by atoms with Gasteiger partial charge in [0.15, 0.2) is 0 Å². The van der Waals surface area contributed by atoms with E-state index in [1.807, 2.05) is 0 Å². The Morgan fingerprint density at radius 2 is 1.88 bits per heavy atom. The lowest BCUT2D eigenvalue weighted by Crippen LogP contribution is -2.16. The molecule has 24 heavy (non-hydrogen) atoms. The number of anilines is 1. The van der Waals surface area contributed by atoms with Crippen LogP contribution in [0.2, 0.25) is 10.0 Å². The molecule has 6 heteroatoms. The van der Waals surface area contributed by atoms with Gasteiger partial charge in [-0.15, -0.1) is 0 Å². The summed E-state index contributed by atoms with van der Waals surface area (Å²) in [6.07, 6.45) is 2.27. The normalized spacial score (nSPS) is 16.8. The molecule has 1 fully saturated rings. The fourth-order valence-electron chi connectivity index (χ4n) is 2.47. The van der Waals surface area contributed by atoms with Crippen LogP contribution in [0, 0.1) is 0 Å². The van der Waals surface area contributed by atoms with Crippen molar-refractivity contribution in [1.82, 2.24) is 0 Å². The highest BCUT2D eigenvalue weighted by Gasteiger charge is 2.16. The van der Waals surface area contributed by atoms with Gasteiger partial charge in [-0.2, -0.15) is 0 Å². The molecule has 0 aliphatic carbocycles. The van der Waals surface area contributed by atoms with Crippen LogP contribution in [0.5, 0.6) is 5.75 Å². The van der Waals surface area contributed by atoms with Gasteiger partial charge in [-0.05, 0) is 49.2 Å². The van der Waals surface area contributed by atoms with Gasteiger partial charge in [0, 0.05) is 12.2 Å². The summed E-state index contributed by atoms with van der Waals surface area (Å²) in [6, 6.07) is 12.0. The third-order valence-corrected chi connectivity index (χ3v) is 4.41. The van der Waals surface area contributed by atoms with Gasteiger partial charge in [-0.3, -0.25) is 4.79 Å². The van der Waals surface area contributed by atoms with Crippen molar-refractivity contribution in [3.63, 3.8) is 0 Å². The van der Waals surface area contributed by atoms with Crippen molar-refractivity contribution in [2.75, 3.05) is 18.5 Å². The van der Waals surface area contributed by atoms with Crippen molar-refractivity contribution in [3.05, 3.63) is 58.1 Å². The van der Waals surface area contributed by atoms with E-state index in [0.717, 1.165) is 19.4 Å². The van der Waals surface area contributed by atoms with Crippen LogP contribution in [0.15, 0.2) is 42.5 Å². The standard InChI is InChI=1S/C18H17Cl2NO3/c19-15-4-1-5-16(20)17(15)21-18(22)12-6-8-13(9-7-12)24-11-14-3-2-10-23-14/h1,4-9,14H,2-3,10-11H2,(H,21,22). The number of carbonyl (C=O) groups is 1. The minimum Gasteiger partial charge on any atom is -0.491 e. The number of ether oxygens (including phenoxy) is 2. The summed E-state index contributed by atoms with van der Waals surface area (Å²) in [5, 5.41) is 3.52. The lowest BCUT2D eigenvalue weighted by Gasteiger charge is -2.12. The van der Waals surface area contributed by atoms with Crippen LogP contribution < -0.4 is 10.1 Å². The van der Waals surface area contributed by atoms with Gasteiger partial charge in [0.2, 0.25) is 0 Å². The van der Waals surface area contributed by atoms with Crippen LogP contribution in [0.1, 0.15) is 23.2 Å². The number of hydrogen-bond donors (Lipinski definition) is 1. The van der Waals surface area contributed by atoms with E-state index in [1.165, 1.54) is 0 Å². The average Bonchev–Trinajstić information content (AvgIpc) is 3.10. The van der Waals surface area contributed by atoms with Crippen LogP contribution in [-0.2, 0) is 4.74 Å². The Balaban J connectivity index is 1.61. The van der Waals surface area contributed by atoms with Gasteiger partial charge in [0.1, 0.15) is 12.4 Å². The smallest absolute Gasteiger partial charge is 0.255 e. The van der Waals surface area contributed by atoms with Crippen LogP contribution >= 0.6 is 23.2 Å². The molecule has 1 heterocycles. The molecule has 1 saturated heterocycles.